The molecule has 2 aromatic rings. The number of rotatable bonds is 7. The average Bonchev–Trinajstić information content (AvgIpc) is 3.43. The van der Waals surface area contributed by atoms with Gasteiger partial charge in [0.1, 0.15) is 22.2 Å². The fourth-order valence-corrected chi connectivity index (χ4v) is 4.72. The molecule has 1 saturated carbocycles. The topological polar surface area (TPSA) is 90.4 Å². The molecule has 174 valence electrons. The lowest BCUT2D eigenvalue weighted by molar-refractivity contribution is -0.141. The van der Waals surface area contributed by atoms with Crippen molar-refractivity contribution >= 4 is 39.6 Å². The maximum Gasteiger partial charge on any atom is 0.228 e. The number of nitrogens with one attached hydrogen (secondary N) is 1. The van der Waals surface area contributed by atoms with Gasteiger partial charge in [0.05, 0.1) is 30.4 Å². The van der Waals surface area contributed by atoms with Gasteiger partial charge >= 0.3 is 0 Å². The summed E-state index contributed by atoms with van der Waals surface area (Å²) in [6.07, 6.45) is 3.17. The predicted octanol–water partition coefficient (Wildman–Crippen LogP) is 3.73. The first kappa shape index (κ1) is 23.5. The van der Waals surface area contributed by atoms with Crippen LogP contribution in [0.2, 0.25) is 5.15 Å². The summed E-state index contributed by atoms with van der Waals surface area (Å²) in [4.78, 5) is 22.4. The number of aromatic nitrogens is 2. The standard InChI is InChI=1S/C22H28ClFN4O3S/c1-5-18(27-32(30)22(2,3)4)15-8-26-20(16-9-25-19(23)7-13(15)16)31-12-10-28(11-12)21(29)14-6-17(14)24/h7-9,12,14,17-18,27H,5-6,10-11H2,1-4H3/t14?,17-,18-,32-/m0/s1. The van der Waals surface area contributed by atoms with Gasteiger partial charge in [-0.1, -0.05) is 18.5 Å². The molecule has 4 atom stereocenters. The largest absolute Gasteiger partial charge is 0.598 e. The van der Waals surface area contributed by atoms with Crippen molar-refractivity contribution in [2.24, 2.45) is 5.92 Å². The van der Waals surface area contributed by atoms with Crippen molar-refractivity contribution < 1.29 is 18.5 Å². The Morgan fingerprint density at radius 3 is 2.66 bits per heavy atom. The summed E-state index contributed by atoms with van der Waals surface area (Å²) in [5, 5.41) is 1.86. The Morgan fingerprint density at radius 2 is 2.06 bits per heavy atom. The van der Waals surface area contributed by atoms with Gasteiger partial charge in [0.2, 0.25) is 11.8 Å². The van der Waals surface area contributed by atoms with Crippen LogP contribution in [0.5, 0.6) is 5.88 Å². The van der Waals surface area contributed by atoms with E-state index in [-0.39, 0.29) is 18.1 Å². The van der Waals surface area contributed by atoms with Crippen LogP contribution in [0.15, 0.2) is 18.5 Å². The molecule has 2 fully saturated rings. The van der Waals surface area contributed by atoms with Gasteiger partial charge in [-0.3, -0.25) is 4.79 Å². The number of carbonyl (C=O) groups is 1. The molecule has 0 aromatic carbocycles. The zero-order chi connectivity index (χ0) is 23.2. The quantitative estimate of drug-likeness (QED) is 0.477. The molecule has 1 aliphatic carbocycles. The zero-order valence-electron chi connectivity index (χ0n) is 18.6. The summed E-state index contributed by atoms with van der Waals surface area (Å²) in [6.45, 7) is 8.59. The van der Waals surface area contributed by atoms with Crippen molar-refractivity contribution in [2.45, 2.75) is 63.6 Å². The maximum absolute atomic E-state index is 13.1. The molecule has 2 aromatic heterocycles. The number of hydrogen-bond acceptors (Lipinski definition) is 6. The van der Waals surface area contributed by atoms with Gasteiger partial charge < -0.3 is 14.2 Å². The van der Waals surface area contributed by atoms with Crippen LogP contribution < -0.4 is 9.46 Å². The van der Waals surface area contributed by atoms with E-state index in [1.165, 1.54) is 0 Å². The van der Waals surface area contributed by atoms with E-state index in [4.69, 9.17) is 16.3 Å². The van der Waals surface area contributed by atoms with E-state index in [9.17, 15) is 13.7 Å². The highest BCUT2D eigenvalue weighted by Gasteiger charge is 2.48. The number of amides is 1. The third-order valence-corrected chi connectivity index (χ3v) is 7.61. The van der Waals surface area contributed by atoms with Crippen molar-refractivity contribution in [3.05, 3.63) is 29.2 Å². The Hall–Kier alpha value is -1.68. The van der Waals surface area contributed by atoms with E-state index < -0.39 is 28.2 Å². The summed E-state index contributed by atoms with van der Waals surface area (Å²) >= 11 is 4.93. The molecule has 32 heavy (non-hydrogen) atoms. The number of hydrogen-bond donors (Lipinski definition) is 1. The molecule has 1 amide bonds. The number of fused-ring (bicyclic) bond motifs is 1. The lowest BCUT2D eigenvalue weighted by atomic mass is 10.0. The minimum Gasteiger partial charge on any atom is -0.598 e. The smallest absolute Gasteiger partial charge is 0.228 e. The van der Waals surface area contributed by atoms with E-state index in [0.29, 0.717) is 42.4 Å². The van der Waals surface area contributed by atoms with Crippen molar-refractivity contribution in [3.8, 4) is 5.88 Å². The van der Waals surface area contributed by atoms with E-state index in [0.717, 1.165) is 10.9 Å². The van der Waals surface area contributed by atoms with Crippen LogP contribution in [-0.4, -0.2) is 55.4 Å². The minimum absolute atomic E-state index is 0.136. The van der Waals surface area contributed by atoms with Gasteiger partial charge in [0.25, 0.3) is 0 Å². The van der Waals surface area contributed by atoms with Crippen molar-refractivity contribution in [2.75, 3.05) is 13.1 Å². The fourth-order valence-electron chi connectivity index (χ4n) is 3.66. The molecule has 1 N–H and O–H groups in total. The van der Waals surface area contributed by atoms with Crippen LogP contribution >= 0.6 is 11.6 Å². The number of pyridine rings is 2. The monoisotopic (exact) mass is 482 g/mol. The molecule has 1 saturated heterocycles. The molecule has 0 spiro atoms. The van der Waals surface area contributed by atoms with Crippen LogP contribution in [0.3, 0.4) is 0 Å². The van der Waals surface area contributed by atoms with Crippen LogP contribution in [0, 0.1) is 5.92 Å². The summed E-state index contributed by atoms with van der Waals surface area (Å²) < 4.78 is 34.7. The van der Waals surface area contributed by atoms with E-state index >= 15 is 0 Å². The molecule has 0 radical (unpaired) electrons. The number of halogens is 2. The number of nitrogens with zero attached hydrogens (tertiary/aromatic N) is 3. The SMILES string of the molecule is CC[C@H](N[S@@+]([O-])C(C)(C)C)c1cnc(OC2CN(C(=O)C3C[C@@H]3F)C2)c2cnc(Cl)cc12. The molecule has 10 heteroatoms. The molecule has 1 unspecified atom stereocenters. The Kier molecular flexibility index (Phi) is 6.55. The van der Waals surface area contributed by atoms with Crippen molar-refractivity contribution in [1.29, 1.82) is 0 Å². The highest BCUT2D eigenvalue weighted by molar-refractivity contribution is 7.90. The Morgan fingerprint density at radius 1 is 1.38 bits per heavy atom. The van der Waals surface area contributed by atoms with Gasteiger partial charge in [-0.15, -0.1) is 4.72 Å². The van der Waals surface area contributed by atoms with Crippen LogP contribution in [0.25, 0.3) is 10.8 Å². The molecule has 0 bridgehead atoms. The Bertz CT molecular complexity index is 1010. The minimum atomic E-state index is -1.25. The Labute approximate surface area is 195 Å². The van der Waals surface area contributed by atoms with Crippen molar-refractivity contribution in [3.63, 3.8) is 0 Å². The Balaban J connectivity index is 1.54. The van der Waals surface area contributed by atoms with Gasteiger partial charge in [0, 0.05) is 29.3 Å². The second kappa shape index (κ2) is 8.93. The highest BCUT2D eigenvalue weighted by Crippen LogP contribution is 2.37. The van der Waals surface area contributed by atoms with Crippen LogP contribution in [0.1, 0.15) is 52.1 Å². The van der Waals surface area contributed by atoms with E-state index in [1.54, 1.807) is 23.4 Å². The lowest BCUT2D eigenvalue weighted by Crippen LogP contribution is -2.56. The van der Waals surface area contributed by atoms with E-state index in [2.05, 4.69) is 14.7 Å². The second-order valence-electron chi connectivity index (χ2n) is 9.37. The third kappa shape index (κ3) is 4.81. The first-order valence-corrected chi connectivity index (χ1v) is 12.3. The first-order valence-electron chi connectivity index (χ1n) is 10.8. The van der Waals surface area contributed by atoms with Crippen LogP contribution in [-0.2, 0) is 16.2 Å². The average molecular weight is 483 g/mol. The molecule has 4 rings (SSSR count). The summed E-state index contributed by atoms with van der Waals surface area (Å²) in [7, 11) is 0. The molecular formula is C22H28ClFN4O3S. The summed E-state index contributed by atoms with van der Waals surface area (Å²) in [6, 6.07) is 1.57. The third-order valence-electron chi connectivity index (χ3n) is 5.79. The van der Waals surface area contributed by atoms with Gasteiger partial charge in [0.15, 0.2) is 0 Å². The second-order valence-corrected chi connectivity index (χ2v) is 11.8. The predicted molar refractivity (Wildman–Crippen MR) is 123 cm³/mol. The van der Waals surface area contributed by atoms with Gasteiger partial charge in [-0.05, 0) is 45.1 Å². The number of carbonyl (C=O) groups excluding carboxylic acids is 1. The first-order chi connectivity index (χ1) is 15.1. The maximum atomic E-state index is 13.1. The summed E-state index contributed by atoms with van der Waals surface area (Å²) in [5.41, 5.74) is 0.866. The fraction of sp³-hybridized carbons (Fsp3) is 0.591. The summed E-state index contributed by atoms with van der Waals surface area (Å²) in [5.74, 6) is -0.202. The van der Waals surface area contributed by atoms with E-state index in [1.807, 2.05) is 27.7 Å². The van der Waals surface area contributed by atoms with Gasteiger partial charge in [-0.25, -0.2) is 14.4 Å². The zero-order valence-corrected chi connectivity index (χ0v) is 20.2. The van der Waals surface area contributed by atoms with Gasteiger partial charge in [-0.2, -0.15) is 0 Å². The normalized spacial score (nSPS) is 23.0. The number of ether oxygens (including phenoxy) is 1. The highest BCUT2D eigenvalue weighted by atomic mass is 35.5. The van der Waals surface area contributed by atoms with Crippen LogP contribution in [0.4, 0.5) is 4.39 Å². The lowest BCUT2D eigenvalue weighted by Gasteiger charge is -2.39. The molecule has 1 aliphatic heterocycles. The molecule has 3 heterocycles. The number of likely N-dealkylation sites (tertiary alicyclic amines) is 1. The molecule has 2 aliphatic rings. The molecular weight excluding hydrogens is 455 g/mol. The number of alkyl halides is 1. The van der Waals surface area contributed by atoms with Crippen molar-refractivity contribution in [1.82, 2.24) is 19.6 Å². The molecule has 7 nitrogen and oxygen atoms in total.